The lowest BCUT2D eigenvalue weighted by atomic mass is 9.98. The van der Waals surface area contributed by atoms with Crippen LogP contribution >= 0.6 is 0 Å². The van der Waals surface area contributed by atoms with Gasteiger partial charge in [0, 0.05) is 32.9 Å². The molecule has 0 aliphatic heterocycles. The molecular formula is C60H40N2. The second-order valence-corrected chi connectivity index (χ2v) is 16.2. The molecule has 0 spiro atoms. The Hall–Kier alpha value is -8.20. The zero-order valence-electron chi connectivity index (χ0n) is 34.0. The van der Waals surface area contributed by atoms with E-state index in [9.17, 15) is 0 Å². The van der Waals surface area contributed by atoms with E-state index in [2.05, 4.69) is 252 Å². The van der Waals surface area contributed by atoms with Crippen molar-refractivity contribution in [2.75, 3.05) is 0 Å². The highest BCUT2D eigenvalue weighted by molar-refractivity contribution is 6.13. The van der Waals surface area contributed by atoms with Crippen LogP contribution in [0.3, 0.4) is 0 Å². The third-order valence-corrected chi connectivity index (χ3v) is 12.5. The van der Waals surface area contributed by atoms with Crippen LogP contribution in [0.5, 0.6) is 0 Å². The van der Waals surface area contributed by atoms with Gasteiger partial charge in [-0.2, -0.15) is 0 Å². The van der Waals surface area contributed by atoms with Gasteiger partial charge in [0.1, 0.15) is 0 Å². The van der Waals surface area contributed by atoms with Crippen molar-refractivity contribution in [3.05, 3.63) is 243 Å². The number of aromatic nitrogens is 2. The fraction of sp³-hybridized carbons (Fsp3) is 0. The molecule has 0 N–H and O–H groups in total. The first-order valence-corrected chi connectivity index (χ1v) is 21.3. The average Bonchev–Trinajstić information content (AvgIpc) is 3.87. The molecule has 0 fully saturated rings. The van der Waals surface area contributed by atoms with Crippen molar-refractivity contribution in [2.24, 2.45) is 0 Å². The highest BCUT2D eigenvalue weighted by atomic mass is 15.0. The van der Waals surface area contributed by atoms with Crippen LogP contribution < -0.4 is 0 Å². The molecule has 0 aliphatic carbocycles. The molecule has 0 saturated carbocycles. The van der Waals surface area contributed by atoms with Crippen LogP contribution in [0.25, 0.3) is 111 Å². The van der Waals surface area contributed by atoms with E-state index in [1.54, 1.807) is 0 Å². The molecule has 0 atom stereocenters. The summed E-state index contributed by atoms with van der Waals surface area (Å²) in [5.41, 5.74) is 19.1. The summed E-state index contributed by atoms with van der Waals surface area (Å²) in [5, 5.41) is 4.96. The molecule has 0 saturated heterocycles. The Labute approximate surface area is 360 Å². The van der Waals surface area contributed by atoms with Crippen LogP contribution in [0.4, 0.5) is 0 Å². The van der Waals surface area contributed by atoms with Crippen LogP contribution in [0, 0.1) is 0 Å². The largest absolute Gasteiger partial charge is 0.309 e. The van der Waals surface area contributed by atoms with Gasteiger partial charge in [0.05, 0.1) is 22.1 Å². The van der Waals surface area contributed by atoms with Crippen LogP contribution in [-0.4, -0.2) is 9.13 Å². The number of nitrogens with zero attached hydrogens (tertiary/aromatic N) is 2. The number of hydrogen-bond donors (Lipinski definition) is 0. The molecule has 0 unspecified atom stereocenters. The standard InChI is InChI=1S/C60H40N2/c1-4-15-41(16-5-1)45-21-14-22-46(35-45)44-27-31-51(32-28-44)61-57-25-12-10-23-53(57)55-39-47(29-33-59(55)61)48-30-34-60-56(40-48)54-24-11-13-26-58(54)62(60)52-37-49(42-17-6-2-7-18-42)36-50(38-52)43-19-8-3-9-20-43/h1-40H. The molecule has 0 aliphatic rings. The zero-order chi connectivity index (χ0) is 41.0. The highest BCUT2D eigenvalue weighted by Gasteiger charge is 2.18. The number of hydrogen-bond acceptors (Lipinski definition) is 0. The van der Waals surface area contributed by atoms with Crippen LogP contribution in [0.1, 0.15) is 0 Å². The Balaban J connectivity index is 0.957. The molecular weight excluding hydrogens is 749 g/mol. The summed E-state index contributed by atoms with van der Waals surface area (Å²) in [4.78, 5) is 0. The van der Waals surface area contributed by atoms with Crippen molar-refractivity contribution in [1.29, 1.82) is 0 Å². The predicted octanol–water partition coefficient (Wildman–Crippen LogP) is 16.2. The van der Waals surface area contributed by atoms with Crippen molar-refractivity contribution in [3.8, 4) is 67.0 Å². The van der Waals surface area contributed by atoms with E-state index in [1.807, 2.05) is 0 Å². The van der Waals surface area contributed by atoms with Gasteiger partial charge in [-0.15, -0.1) is 0 Å². The van der Waals surface area contributed by atoms with Crippen molar-refractivity contribution < 1.29 is 0 Å². The topological polar surface area (TPSA) is 9.86 Å². The summed E-state index contributed by atoms with van der Waals surface area (Å²) in [6.45, 7) is 0. The van der Waals surface area contributed by atoms with E-state index in [0.29, 0.717) is 0 Å². The van der Waals surface area contributed by atoms with Crippen molar-refractivity contribution in [1.82, 2.24) is 9.13 Å². The second-order valence-electron chi connectivity index (χ2n) is 16.2. The molecule has 12 rings (SSSR count). The van der Waals surface area contributed by atoms with Crippen molar-refractivity contribution >= 4 is 43.6 Å². The van der Waals surface area contributed by atoms with Gasteiger partial charge in [-0.25, -0.2) is 0 Å². The average molecular weight is 789 g/mol. The smallest absolute Gasteiger partial charge is 0.0541 e. The van der Waals surface area contributed by atoms with E-state index >= 15 is 0 Å². The first kappa shape index (κ1) is 35.7. The Morgan fingerprint density at radius 2 is 0.516 bits per heavy atom. The lowest BCUT2D eigenvalue weighted by molar-refractivity contribution is 1.18. The first-order chi connectivity index (χ1) is 30.7. The van der Waals surface area contributed by atoms with Gasteiger partial charge in [-0.05, 0) is 128 Å². The van der Waals surface area contributed by atoms with E-state index in [1.165, 1.54) is 99.2 Å². The summed E-state index contributed by atoms with van der Waals surface area (Å²) in [5.74, 6) is 0. The molecule has 2 aromatic heterocycles. The van der Waals surface area contributed by atoms with E-state index in [-0.39, 0.29) is 0 Å². The SMILES string of the molecule is c1ccc(-c2cccc(-c3ccc(-n4c5ccccc5c5cc(-c6ccc7c(c6)c6ccccc6n7-c6cc(-c7ccccc7)cc(-c7ccccc7)c6)ccc54)cc3)c2)cc1. The maximum atomic E-state index is 2.44. The first-order valence-electron chi connectivity index (χ1n) is 21.3. The fourth-order valence-corrected chi connectivity index (χ4v) is 9.51. The molecule has 2 heterocycles. The third kappa shape index (κ3) is 6.12. The Morgan fingerprint density at radius 1 is 0.177 bits per heavy atom. The van der Waals surface area contributed by atoms with E-state index < -0.39 is 0 Å². The summed E-state index contributed by atoms with van der Waals surface area (Å²) in [7, 11) is 0. The summed E-state index contributed by atoms with van der Waals surface area (Å²) in [6.07, 6.45) is 0. The molecule has 62 heavy (non-hydrogen) atoms. The fourth-order valence-electron chi connectivity index (χ4n) is 9.51. The molecule has 2 heteroatoms. The van der Waals surface area contributed by atoms with Crippen LogP contribution in [0.15, 0.2) is 243 Å². The molecule has 0 amide bonds. The van der Waals surface area contributed by atoms with Crippen molar-refractivity contribution in [2.45, 2.75) is 0 Å². The monoisotopic (exact) mass is 788 g/mol. The molecule has 290 valence electrons. The van der Waals surface area contributed by atoms with Gasteiger partial charge in [0.15, 0.2) is 0 Å². The summed E-state index contributed by atoms with van der Waals surface area (Å²) < 4.78 is 4.85. The summed E-state index contributed by atoms with van der Waals surface area (Å²) >= 11 is 0. The Kier molecular flexibility index (Phi) is 8.53. The van der Waals surface area contributed by atoms with Crippen LogP contribution in [-0.2, 0) is 0 Å². The molecule has 10 aromatic carbocycles. The van der Waals surface area contributed by atoms with Crippen molar-refractivity contribution in [3.63, 3.8) is 0 Å². The Morgan fingerprint density at radius 3 is 1.02 bits per heavy atom. The lowest BCUT2D eigenvalue weighted by Gasteiger charge is -2.14. The second kappa shape index (κ2) is 14.8. The predicted molar refractivity (Wildman–Crippen MR) is 262 cm³/mol. The minimum atomic E-state index is 1.15. The van der Waals surface area contributed by atoms with Gasteiger partial charge >= 0.3 is 0 Å². The highest BCUT2D eigenvalue weighted by Crippen LogP contribution is 2.40. The molecule has 0 bridgehead atoms. The number of rotatable bonds is 7. The molecule has 2 nitrogen and oxygen atoms in total. The third-order valence-electron chi connectivity index (χ3n) is 12.5. The van der Waals surface area contributed by atoms with Gasteiger partial charge in [-0.1, -0.05) is 170 Å². The Bertz CT molecular complexity index is 3540. The summed E-state index contributed by atoms with van der Waals surface area (Å²) in [6, 6.07) is 88.4. The van der Waals surface area contributed by atoms with E-state index in [0.717, 1.165) is 11.4 Å². The quantitative estimate of drug-likeness (QED) is 0.152. The lowest BCUT2D eigenvalue weighted by Crippen LogP contribution is -1.96. The maximum absolute atomic E-state index is 2.44. The number of benzene rings is 10. The van der Waals surface area contributed by atoms with Gasteiger partial charge in [0.2, 0.25) is 0 Å². The van der Waals surface area contributed by atoms with Gasteiger partial charge < -0.3 is 9.13 Å². The minimum Gasteiger partial charge on any atom is -0.309 e. The maximum Gasteiger partial charge on any atom is 0.0541 e. The zero-order valence-corrected chi connectivity index (χ0v) is 34.0. The van der Waals surface area contributed by atoms with Gasteiger partial charge in [0.25, 0.3) is 0 Å². The van der Waals surface area contributed by atoms with Gasteiger partial charge in [-0.3, -0.25) is 0 Å². The normalized spacial score (nSPS) is 11.5. The number of fused-ring (bicyclic) bond motifs is 6. The number of para-hydroxylation sites is 2. The minimum absolute atomic E-state index is 1.15. The van der Waals surface area contributed by atoms with Crippen LogP contribution in [0.2, 0.25) is 0 Å². The molecule has 12 aromatic rings. The van der Waals surface area contributed by atoms with E-state index in [4.69, 9.17) is 0 Å². The molecule has 0 radical (unpaired) electrons.